The van der Waals surface area contributed by atoms with Gasteiger partial charge in [0.1, 0.15) is 20.3 Å². The van der Waals surface area contributed by atoms with E-state index in [-0.39, 0.29) is 6.10 Å². The van der Waals surface area contributed by atoms with Crippen LogP contribution in [0.25, 0.3) is 21.3 Å². The normalized spacial score (nSPS) is 11.3. The van der Waals surface area contributed by atoms with Crippen LogP contribution in [0.1, 0.15) is 50.7 Å². The van der Waals surface area contributed by atoms with Crippen LogP contribution in [0.4, 0.5) is 10.7 Å². The Labute approximate surface area is 210 Å². The second kappa shape index (κ2) is 9.37. The summed E-state index contributed by atoms with van der Waals surface area (Å²) in [6.45, 7) is 9.47. The van der Waals surface area contributed by atoms with Crippen molar-refractivity contribution in [2.45, 2.75) is 40.7 Å². The molecule has 3 aromatic heterocycles. The van der Waals surface area contributed by atoms with Crippen LogP contribution in [0.2, 0.25) is 5.02 Å². The number of nitrogens with zero attached hydrogens (tertiary/aromatic N) is 1. The highest BCUT2D eigenvalue weighted by Crippen LogP contribution is 2.40. The number of carbonyl (C=O) groups excluding carboxylic acids is 2. The lowest BCUT2D eigenvalue weighted by molar-refractivity contribution is 0.0380. The third kappa shape index (κ3) is 4.41. The molecule has 4 rings (SSSR count). The number of hydrogen-bond donors (Lipinski definition) is 2. The molecule has 0 aliphatic carbocycles. The lowest BCUT2D eigenvalue weighted by atomic mass is 10.0. The summed E-state index contributed by atoms with van der Waals surface area (Å²) in [5.74, 6) is -0.900. The fourth-order valence-electron chi connectivity index (χ4n) is 3.66. The standard InChI is InChI=1S/C25H24ClN3O3S2/c1-11(2)32-25(31)19-17(15-6-8-16(26)9-7-15)10-33-23(19)29-22(30)21-20(27)18-13(4)12(3)14(5)28-24(18)34-21/h6-11H,27H2,1-5H3,(H,29,30). The Kier molecular flexibility index (Phi) is 6.66. The summed E-state index contributed by atoms with van der Waals surface area (Å²) in [4.78, 5) is 32.0. The van der Waals surface area contributed by atoms with Crippen molar-refractivity contribution >= 4 is 67.1 Å². The van der Waals surface area contributed by atoms with Gasteiger partial charge in [0.2, 0.25) is 0 Å². The van der Waals surface area contributed by atoms with Gasteiger partial charge in [0.25, 0.3) is 5.91 Å². The van der Waals surface area contributed by atoms with Gasteiger partial charge in [-0.15, -0.1) is 22.7 Å². The quantitative estimate of drug-likeness (QED) is 0.280. The summed E-state index contributed by atoms with van der Waals surface area (Å²) in [6.07, 6.45) is -0.312. The van der Waals surface area contributed by atoms with Gasteiger partial charge in [0.05, 0.1) is 11.8 Å². The Morgan fingerprint density at radius 2 is 1.79 bits per heavy atom. The molecule has 0 unspecified atom stereocenters. The topological polar surface area (TPSA) is 94.3 Å². The molecule has 0 fully saturated rings. The highest BCUT2D eigenvalue weighted by molar-refractivity contribution is 7.21. The minimum atomic E-state index is -0.510. The fraction of sp³-hybridized carbons (Fsp3) is 0.240. The minimum absolute atomic E-state index is 0.301. The molecule has 1 amide bonds. The molecular formula is C25H24ClN3O3S2. The molecule has 4 aromatic rings. The molecular weight excluding hydrogens is 490 g/mol. The molecule has 3 heterocycles. The fourth-order valence-corrected chi connectivity index (χ4v) is 5.84. The number of aromatic nitrogens is 1. The maximum Gasteiger partial charge on any atom is 0.342 e. The number of nitrogens with two attached hydrogens (primary N) is 1. The van der Waals surface area contributed by atoms with E-state index in [0.29, 0.717) is 31.7 Å². The maximum absolute atomic E-state index is 13.3. The third-order valence-corrected chi connectivity index (χ3v) is 7.85. The monoisotopic (exact) mass is 513 g/mol. The predicted molar refractivity (Wildman–Crippen MR) is 142 cm³/mol. The summed E-state index contributed by atoms with van der Waals surface area (Å²) < 4.78 is 5.48. The van der Waals surface area contributed by atoms with Gasteiger partial charge in [-0.2, -0.15) is 0 Å². The number of nitrogens with one attached hydrogen (secondary N) is 1. The number of esters is 1. The van der Waals surface area contributed by atoms with Gasteiger partial charge >= 0.3 is 5.97 Å². The van der Waals surface area contributed by atoms with E-state index in [1.165, 1.54) is 22.7 Å². The van der Waals surface area contributed by atoms with E-state index in [9.17, 15) is 9.59 Å². The SMILES string of the molecule is Cc1nc2sc(C(=O)Nc3scc(-c4ccc(Cl)cc4)c3C(=O)OC(C)C)c(N)c2c(C)c1C. The van der Waals surface area contributed by atoms with Crippen LogP contribution in [-0.4, -0.2) is 23.0 Å². The predicted octanol–water partition coefficient (Wildman–Crippen LogP) is 7.00. The van der Waals surface area contributed by atoms with Crippen molar-refractivity contribution in [1.29, 1.82) is 0 Å². The van der Waals surface area contributed by atoms with Gasteiger partial charge in [-0.1, -0.05) is 23.7 Å². The largest absolute Gasteiger partial charge is 0.459 e. The van der Waals surface area contributed by atoms with Crippen molar-refractivity contribution in [3.8, 4) is 11.1 Å². The van der Waals surface area contributed by atoms with E-state index < -0.39 is 11.9 Å². The van der Waals surface area contributed by atoms with E-state index in [0.717, 1.165) is 32.6 Å². The van der Waals surface area contributed by atoms with Gasteiger partial charge in [-0.25, -0.2) is 9.78 Å². The van der Waals surface area contributed by atoms with E-state index in [1.807, 2.05) is 38.3 Å². The number of amides is 1. The number of fused-ring (bicyclic) bond motifs is 1. The Morgan fingerprint density at radius 1 is 1.12 bits per heavy atom. The number of hydrogen-bond acceptors (Lipinski definition) is 7. The van der Waals surface area contributed by atoms with Crippen LogP contribution in [0, 0.1) is 20.8 Å². The maximum atomic E-state index is 13.3. The van der Waals surface area contributed by atoms with Crippen molar-refractivity contribution in [2.24, 2.45) is 0 Å². The minimum Gasteiger partial charge on any atom is -0.459 e. The number of nitrogen functional groups attached to an aromatic ring is 1. The first kappa shape index (κ1) is 24.2. The van der Waals surface area contributed by atoms with Crippen LogP contribution >= 0.6 is 34.3 Å². The van der Waals surface area contributed by atoms with Crippen molar-refractivity contribution in [1.82, 2.24) is 4.98 Å². The summed E-state index contributed by atoms with van der Waals surface area (Å²) in [5, 5.41) is 6.50. The smallest absolute Gasteiger partial charge is 0.342 e. The van der Waals surface area contributed by atoms with Gasteiger partial charge in [0.15, 0.2) is 0 Å². The average molecular weight is 514 g/mol. The van der Waals surface area contributed by atoms with Crippen LogP contribution < -0.4 is 11.1 Å². The molecule has 0 spiro atoms. The Morgan fingerprint density at radius 3 is 2.44 bits per heavy atom. The number of thiophene rings is 2. The van der Waals surface area contributed by atoms with E-state index in [4.69, 9.17) is 22.1 Å². The Balaban J connectivity index is 1.76. The van der Waals surface area contributed by atoms with Crippen LogP contribution in [0.3, 0.4) is 0 Å². The van der Waals surface area contributed by atoms with Gasteiger partial charge in [-0.3, -0.25) is 4.79 Å². The summed E-state index contributed by atoms with van der Waals surface area (Å²) in [7, 11) is 0. The highest BCUT2D eigenvalue weighted by atomic mass is 35.5. The molecule has 176 valence electrons. The number of aryl methyl sites for hydroxylation is 2. The molecule has 0 saturated heterocycles. The number of anilines is 2. The molecule has 0 bridgehead atoms. The molecule has 0 atom stereocenters. The lowest BCUT2D eigenvalue weighted by Crippen LogP contribution is -2.16. The van der Waals surface area contributed by atoms with Gasteiger partial charge in [-0.05, 0) is 63.4 Å². The first-order valence-electron chi connectivity index (χ1n) is 10.6. The van der Waals surface area contributed by atoms with Gasteiger partial charge in [0, 0.05) is 27.0 Å². The van der Waals surface area contributed by atoms with Crippen LogP contribution in [0.15, 0.2) is 29.6 Å². The first-order chi connectivity index (χ1) is 16.1. The van der Waals surface area contributed by atoms with Crippen LogP contribution in [0.5, 0.6) is 0 Å². The van der Waals surface area contributed by atoms with Gasteiger partial charge < -0.3 is 15.8 Å². The zero-order valence-electron chi connectivity index (χ0n) is 19.4. The van der Waals surface area contributed by atoms with E-state index >= 15 is 0 Å². The second-order valence-electron chi connectivity index (χ2n) is 8.24. The first-order valence-corrected chi connectivity index (χ1v) is 12.7. The summed E-state index contributed by atoms with van der Waals surface area (Å²) >= 11 is 8.53. The molecule has 6 nitrogen and oxygen atoms in total. The van der Waals surface area contributed by atoms with Crippen LogP contribution in [-0.2, 0) is 4.74 Å². The number of halogens is 1. The molecule has 3 N–H and O–H groups in total. The van der Waals surface area contributed by atoms with Crippen molar-refractivity contribution in [3.63, 3.8) is 0 Å². The lowest BCUT2D eigenvalue weighted by Gasteiger charge is -2.11. The second-order valence-corrected chi connectivity index (χ2v) is 10.6. The van der Waals surface area contributed by atoms with E-state index in [2.05, 4.69) is 10.3 Å². The number of rotatable bonds is 5. The van der Waals surface area contributed by atoms with Crippen molar-refractivity contribution < 1.29 is 14.3 Å². The number of carbonyl (C=O) groups is 2. The Bertz CT molecular complexity index is 1420. The molecule has 0 radical (unpaired) electrons. The van der Waals surface area contributed by atoms with E-state index in [1.54, 1.807) is 26.0 Å². The highest BCUT2D eigenvalue weighted by Gasteiger charge is 2.26. The third-order valence-electron chi connectivity index (χ3n) is 5.60. The zero-order chi connectivity index (χ0) is 24.7. The summed E-state index contributed by atoms with van der Waals surface area (Å²) in [5.41, 5.74) is 11.5. The molecule has 0 saturated carbocycles. The zero-order valence-corrected chi connectivity index (χ0v) is 21.8. The van der Waals surface area contributed by atoms with Crippen molar-refractivity contribution in [2.75, 3.05) is 11.1 Å². The molecule has 9 heteroatoms. The van der Waals surface area contributed by atoms with Crippen molar-refractivity contribution in [3.05, 3.63) is 61.9 Å². The number of pyridine rings is 1. The molecule has 0 aliphatic heterocycles. The number of benzene rings is 1. The average Bonchev–Trinajstić information content (AvgIpc) is 3.33. The Hall–Kier alpha value is -2.94. The summed E-state index contributed by atoms with van der Waals surface area (Å²) in [6, 6.07) is 7.15. The molecule has 34 heavy (non-hydrogen) atoms. The number of ether oxygens (including phenoxy) is 1. The molecule has 1 aromatic carbocycles. The molecule has 0 aliphatic rings.